The van der Waals surface area contributed by atoms with Gasteiger partial charge in [0.1, 0.15) is 11.9 Å². The van der Waals surface area contributed by atoms with E-state index in [9.17, 15) is 0 Å². The molecule has 86 valence electrons. The van der Waals surface area contributed by atoms with Crippen LogP contribution < -0.4 is 10.1 Å². The highest BCUT2D eigenvalue weighted by molar-refractivity contribution is 5.21. The highest BCUT2D eigenvalue weighted by Gasteiger charge is 2.09. The molecule has 1 unspecified atom stereocenters. The minimum Gasteiger partial charge on any atom is -0.485 e. The number of aromatic nitrogens is 1. The van der Waals surface area contributed by atoms with E-state index in [1.165, 1.54) is 12.8 Å². The van der Waals surface area contributed by atoms with Gasteiger partial charge in [-0.2, -0.15) is 0 Å². The van der Waals surface area contributed by atoms with Crippen molar-refractivity contribution in [1.29, 1.82) is 0 Å². The van der Waals surface area contributed by atoms with E-state index in [0.29, 0.717) is 0 Å². The fourth-order valence-corrected chi connectivity index (χ4v) is 1.82. The number of ether oxygens (including phenoxy) is 1. The summed E-state index contributed by atoms with van der Waals surface area (Å²) >= 11 is 0. The van der Waals surface area contributed by atoms with Crippen LogP contribution >= 0.6 is 0 Å². The third-order valence-electron chi connectivity index (χ3n) is 2.65. The first-order chi connectivity index (χ1) is 7.88. The molecule has 1 aliphatic rings. The van der Waals surface area contributed by atoms with Crippen LogP contribution in [-0.2, 0) is 6.54 Å². The van der Waals surface area contributed by atoms with Crippen molar-refractivity contribution >= 4 is 0 Å². The Labute approximate surface area is 96.5 Å². The van der Waals surface area contributed by atoms with Crippen molar-refractivity contribution in [2.75, 3.05) is 7.05 Å². The van der Waals surface area contributed by atoms with Gasteiger partial charge in [-0.3, -0.25) is 4.98 Å². The van der Waals surface area contributed by atoms with Gasteiger partial charge in [0.2, 0.25) is 0 Å². The van der Waals surface area contributed by atoms with Gasteiger partial charge in [-0.05, 0) is 44.5 Å². The molecule has 1 atom stereocenters. The van der Waals surface area contributed by atoms with Crippen LogP contribution in [0.3, 0.4) is 0 Å². The summed E-state index contributed by atoms with van der Waals surface area (Å²) in [6.45, 7) is 0.795. The van der Waals surface area contributed by atoms with Crippen LogP contribution in [0.25, 0.3) is 0 Å². The molecule has 1 aromatic rings. The Hall–Kier alpha value is -1.35. The van der Waals surface area contributed by atoms with Crippen LogP contribution in [0.2, 0.25) is 0 Å². The molecule has 16 heavy (non-hydrogen) atoms. The predicted molar refractivity (Wildman–Crippen MR) is 64.4 cm³/mol. The molecule has 0 saturated heterocycles. The van der Waals surface area contributed by atoms with E-state index in [1.54, 1.807) is 6.20 Å². The molecule has 1 heterocycles. The molecular formula is C13H18N2O. The van der Waals surface area contributed by atoms with Gasteiger partial charge in [0.25, 0.3) is 0 Å². The van der Waals surface area contributed by atoms with Gasteiger partial charge < -0.3 is 10.1 Å². The molecule has 0 radical (unpaired) electrons. The molecule has 1 aliphatic carbocycles. The Balaban J connectivity index is 1.93. The number of allylic oxidation sites excluding steroid dienone is 1. The highest BCUT2D eigenvalue weighted by atomic mass is 16.5. The van der Waals surface area contributed by atoms with E-state index in [-0.39, 0.29) is 6.10 Å². The van der Waals surface area contributed by atoms with E-state index in [4.69, 9.17) is 4.74 Å². The molecule has 0 saturated carbocycles. The largest absolute Gasteiger partial charge is 0.485 e. The maximum absolute atomic E-state index is 5.82. The standard InChI is InChI=1S/C13H18N2O/c1-14-9-11-7-8-13(10-15-11)16-12-5-3-2-4-6-12/h3,5,7-8,10,12,14H,2,4,6,9H2,1H3. The van der Waals surface area contributed by atoms with Gasteiger partial charge in [0.15, 0.2) is 0 Å². The Kier molecular flexibility index (Phi) is 3.94. The lowest BCUT2D eigenvalue weighted by Gasteiger charge is -2.18. The lowest BCUT2D eigenvalue weighted by atomic mass is 10.1. The second-order valence-electron chi connectivity index (χ2n) is 4.03. The molecule has 0 bridgehead atoms. The second-order valence-corrected chi connectivity index (χ2v) is 4.03. The first-order valence-corrected chi connectivity index (χ1v) is 5.81. The normalized spacial score (nSPS) is 19.7. The van der Waals surface area contributed by atoms with Crippen molar-refractivity contribution < 1.29 is 4.74 Å². The van der Waals surface area contributed by atoms with E-state index < -0.39 is 0 Å². The maximum atomic E-state index is 5.82. The molecular weight excluding hydrogens is 200 g/mol. The van der Waals surface area contributed by atoms with Crippen LogP contribution in [0, 0.1) is 0 Å². The summed E-state index contributed by atoms with van der Waals surface area (Å²) in [6.07, 6.45) is 9.86. The topological polar surface area (TPSA) is 34.1 Å². The molecule has 0 aliphatic heterocycles. The van der Waals surface area contributed by atoms with Gasteiger partial charge in [-0.25, -0.2) is 0 Å². The predicted octanol–water partition coefficient (Wildman–Crippen LogP) is 2.29. The molecule has 0 spiro atoms. The van der Waals surface area contributed by atoms with Crippen molar-refractivity contribution in [3.05, 3.63) is 36.2 Å². The van der Waals surface area contributed by atoms with Gasteiger partial charge in [-0.1, -0.05) is 6.08 Å². The third-order valence-corrected chi connectivity index (χ3v) is 2.65. The first kappa shape index (κ1) is 11.1. The minimum absolute atomic E-state index is 0.228. The van der Waals surface area contributed by atoms with Crippen molar-refractivity contribution in [3.63, 3.8) is 0 Å². The smallest absolute Gasteiger partial charge is 0.138 e. The summed E-state index contributed by atoms with van der Waals surface area (Å²) < 4.78 is 5.82. The van der Waals surface area contributed by atoms with Crippen molar-refractivity contribution in [3.8, 4) is 5.75 Å². The first-order valence-electron chi connectivity index (χ1n) is 5.81. The van der Waals surface area contributed by atoms with Gasteiger partial charge in [-0.15, -0.1) is 0 Å². The summed E-state index contributed by atoms with van der Waals surface area (Å²) in [7, 11) is 1.92. The van der Waals surface area contributed by atoms with Crippen LogP contribution in [0.4, 0.5) is 0 Å². The zero-order valence-electron chi connectivity index (χ0n) is 9.65. The lowest BCUT2D eigenvalue weighted by Crippen LogP contribution is -2.15. The number of hydrogen-bond donors (Lipinski definition) is 1. The monoisotopic (exact) mass is 218 g/mol. The van der Waals surface area contributed by atoms with E-state index in [0.717, 1.165) is 24.4 Å². The fraction of sp³-hybridized carbons (Fsp3) is 0.462. The molecule has 1 aromatic heterocycles. The molecule has 0 aromatic carbocycles. The van der Waals surface area contributed by atoms with Gasteiger partial charge >= 0.3 is 0 Å². The molecule has 2 rings (SSSR count). The zero-order valence-corrected chi connectivity index (χ0v) is 9.65. The van der Waals surface area contributed by atoms with Crippen molar-refractivity contribution in [2.24, 2.45) is 0 Å². The third kappa shape index (κ3) is 3.07. The number of nitrogens with zero attached hydrogens (tertiary/aromatic N) is 1. The Morgan fingerprint density at radius 3 is 3.06 bits per heavy atom. The maximum Gasteiger partial charge on any atom is 0.138 e. The van der Waals surface area contributed by atoms with E-state index in [1.807, 2.05) is 19.2 Å². The van der Waals surface area contributed by atoms with Crippen LogP contribution in [0.15, 0.2) is 30.5 Å². The Morgan fingerprint density at radius 1 is 1.50 bits per heavy atom. The summed E-state index contributed by atoms with van der Waals surface area (Å²) in [5.74, 6) is 0.858. The number of rotatable bonds is 4. The number of pyridine rings is 1. The second kappa shape index (κ2) is 5.66. The number of hydrogen-bond acceptors (Lipinski definition) is 3. The van der Waals surface area contributed by atoms with E-state index >= 15 is 0 Å². The van der Waals surface area contributed by atoms with Crippen molar-refractivity contribution in [2.45, 2.75) is 31.9 Å². The highest BCUT2D eigenvalue weighted by Crippen LogP contribution is 2.18. The van der Waals surface area contributed by atoms with Crippen LogP contribution in [0.5, 0.6) is 5.75 Å². The zero-order chi connectivity index (χ0) is 11.2. The lowest BCUT2D eigenvalue weighted by molar-refractivity contribution is 0.229. The van der Waals surface area contributed by atoms with Crippen LogP contribution in [-0.4, -0.2) is 18.1 Å². The van der Waals surface area contributed by atoms with Gasteiger partial charge in [0.05, 0.1) is 11.9 Å². The van der Waals surface area contributed by atoms with Gasteiger partial charge in [0, 0.05) is 6.54 Å². The summed E-state index contributed by atoms with van der Waals surface area (Å²) in [5, 5.41) is 3.07. The average Bonchev–Trinajstić information content (AvgIpc) is 2.33. The minimum atomic E-state index is 0.228. The molecule has 0 fully saturated rings. The van der Waals surface area contributed by atoms with Crippen LogP contribution in [0.1, 0.15) is 25.0 Å². The Bertz CT molecular complexity index is 345. The molecule has 0 amide bonds. The number of nitrogens with one attached hydrogen (secondary N) is 1. The van der Waals surface area contributed by atoms with E-state index in [2.05, 4.69) is 22.5 Å². The fourth-order valence-electron chi connectivity index (χ4n) is 1.82. The summed E-state index contributed by atoms with van der Waals surface area (Å²) in [6, 6.07) is 3.99. The molecule has 3 heteroatoms. The Morgan fingerprint density at radius 2 is 2.44 bits per heavy atom. The molecule has 1 N–H and O–H groups in total. The summed E-state index contributed by atoms with van der Waals surface area (Å²) in [4.78, 5) is 4.32. The average molecular weight is 218 g/mol. The SMILES string of the molecule is CNCc1ccc(OC2C=CCCC2)cn1. The summed E-state index contributed by atoms with van der Waals surface area (Å²) in [5.41, 5.74) is 1.04. The molecule has 3 nitrogen and oxygen atoms in total. The van der Waals surface area contributed by atoms with Crippen molar-refractivity contribution in [1.82, 2.24) is 10.3 Å². The quantitative estimate of drug-likeness (QED) is 0.787.